The molecule has 114 valence electrons. The van der Waals surface area contributed by atoms with Crippen molar-refractivity contribution in [3.63, 3.8) is 0 Å². The largest absolute Gasteiger partial charge is 0.481 e. The predicted molar refractivity (Wildman–Crippen MR) is 76.1 cm³/mol. The van der Waals surface area contributed by atoms with Gasteiger partial charge in [0.15, 0.2) is 0 Å². The molecule has 7 nitrogen and oxygen atoms in total. The Kier molecular flexibility index (Phi) is 6.73. The minimum atomic E-state index is -0.957. The molecule has 1 rings (SSSR count). The van der Waals surface area contributed by atoms with Crippen LogP contribution in [0.5, 0.6) is 0 Å². The predicted octanol–water partition coefficient (Wildman–Crippen LogP) is 1.24. The number of carboxylic acids is 1. The Balaban J connectivity index is 2.66. The summed E-state index contributed by atoms with van der Waals surface area (Å²) in [5.74, 6) is -1.51. The van der Waals surface area contributed by atoms with Gasteiger partial charge < -0.3 is 14.7 Å². The number of nitrogens with one attached hydrogen (secondary N) is 1. The number of hydrogen-bond donors (Lipinski definition) is 2. The average molecular weight is 294 g/mol. The number of amides is 2. The molecule has 0 heterocycles. The summed E-state index contributed by atoms with van der Waals surface area (Å²) in [5.41, 5.74) is 0.706. The van der Waals surface area contributed by atoms with Crippen LogP contribution in [0.4, 0.5) is 10.5 Å². The molecule has 0 saturated carbocycles. The van der Waals surface area contributed by atoms with E-state index < -0.39 is 18.0 Å². The number of alkyl carbamates (subject to hydrolysis) is 1. The Morgan fingerprint density at radius 2 is 1.90 bits per heavy atom. The number of para-hydroxylation sites is 1. The highest BCUT2D eigenvalue weighted by Gasteiger charge is 2.15. The lowest BCUT2D eigenvalue weighted by atomic mass is 10.2. The van der Waals surface area contributed by atoms with Gasteiger partial charge in [0.1, 0.15) is 0 Å². The van der Waals surface area contributed by atoms with Crippen molar-refractivity contribution < 1.29 is 24.2 Å². The molecule has 0 spiro atoms. The highest BCUT2D eigenvalue weighted by Crippen LogP contribution is 2.13. The number of carbonyl (C=O) groups excluding carboxylic acids is 2. The third-order valence-electron chi connectivity index (χ3n) is 2.57. The highest BCUT2D eigenvalue weighted by molar-refractivity contribution is 5.94. The number of imide groups is 1. The van der Waals surface area contributed by atoms with Crippen LogP contribution in [0.1, 0.15) is 13.3 Å². The van der Waals surface area contributed by atoms with E-state index in [9.17, 15) is 14.4 Å². The number of carboxylic acid groups (broad SMARTS) is 1. The molecule has 0 bridgehead atoms. The van der Waals surface area contributed by atoms with Crippen LogP contribution >= 0.6 is 0 Å². The van der Waals surface area contributed by atoms with Gasteiger partial charge in [-0.25, -0.2) is 4.79 Å². The van der Waals surface area contributed by atoms with Crippen molar-refractivity contribution in [2.45, 2.75) is 13.3 Å². The minimum absolute atomic E-state index is 0.110. The van der Waals surface area contributed by atoms with Gasteiger partial charge in [-0.05, 0) is 19.1 Å². The van der Waals surface area contributed by atoms with Crippen molar-refractivity contribution in [2.75, 3.05) is 24.6 Å². The third-order valence-corrected chi connectivity index (χ3v) is 2.57. The number of aliphatic carboxylic acids is 1. The molecule has 0 aromatic heterocycles. The average Bonchev–Trinajstić information content (AvgIpc) is 2.44. The Bertz CT molecular complexity index is 489. The van der Waals surface area contributed by atoms with Gasteiger partial charge in [0.05, 0.1) is 19.6 Å². The molecule has 0 aliphatic rings. The highest BCUT2D eigenvalue weighted by atomic mass is 16.5. The first-order valence-electron chi connectivity index (χ1n) is 6.51. The molecular weight excluding hydrogens is 276 g/mol. The van der Waals surface area contributed by atoms with Crippen molar-refractivity contribution in [3.05, 3.63) is 30.3 Å². The molecule has 0 fully saturated rings. The van der Waals surface area contributed by atoms with E-state index >= 15 is 0 Å². The van der Waals surface area contributed by atoms with Crippen LogP contribution in [0.15, 0.2) is 30.3 Å². The lowest BCUT2D eigenvalue weighted by Crippen LogP contribution is -2.41. The van der Waals surface area contributed by atoms with Crippen LogP contribution < -0.4 is 10.2 Å². The van der Waals surface area contributed by atoms with E-state index in [4.69, 9.17) is 5.11 Å². The van der Waals surface area contributed by atoms with Gasteiger partial charge in [-0.15, -0.1) is 0 Å². The summed E-state index contributed by atoms with van der Waals surface area (Å²) in [6.45, 7) is 1.83. The van der Waals surface area contributed by atoms with E-state index in [1.807, 2.05) is 6.07 Å². The SMILES string of the molecule is CCOC(=O)NC(=O)CN(CCC(=O)O)c1ccccc1. The second-order valence-electron chi connectivity index (χ2n) is 4.17. The zero-order valence-electron chi connectivity index (χ0n) is 11.7. The fourth-order valence-corrected chi connectivity index (χ4v) is 1.66. The molecule has 0 atom stereocenters. The summed E-state index contributed by atoms with van der Waals surface area (Å²) in [7, 11) is 0. The van der Waals surface area contributed by atoms with E-state index in [0.29, 0.717) is 5.69 Å². The molecule has 2 amide bonds. The van der Waals surface area contributed by atoms with Crippen molar-refractivity contribution in [3.8, 4) is 0 Å². The monoisotopic (exact) mass is 294 g/mol. The van der Waals surface area contributed by atoms with Crippen molar-refractivity contribution in [1.29, 1.82) is 0 Å². The molecule has 0 aliphatic carbocycles. The normalized spacial score (nSPS) is 9.76. The second-order valence-corrected chi connectivity index (χ2v) is 4.17. The molecular formula is C14H18N2O5. The molecule has 0 aliphatic heterocycles. The number of rotatable bonds is 7. The molecule has 21 heavy (non-hydrogen) atoms. The number of benzene rings is 1. The fourth-order valence-electron chi connectivity index (χ4n) is 1.66. The summed E-state index contributed by atoms with van der Waals surface area (Å²) in [4.78, 5) is 35.2. The van der Waals surface area contributed by atoms with Gasteiger partial charge >= 0.3 is 12.1 Å². The lowest BCUT2D eigenvalue weighted by molar-refractivity contribution is -0.136. The van der Waals surface area contributed by atoms with Crippen LogP contribution in [-0.4, -0.2) is 42.8 Å². The zero-order valence-corrected chi connectivity index (χ0v) is 11.7. The van der Waals surface area contributed by atoms with E-state index in [0.717, 1.165) is 0 Å². The zero-order chi connectivity index (χ0) is 15.7. The summed E-state index contributed by atoms with van der Waals surface area (Å²) in [5, 5.41) is 10.8. The van der Waals surface area contributed by atoms with Crippen LogP contribution in [-0.2, 0) is 14.3 Å². The van der Waals surface area contributed by atoms with Crippen molar-refractivity contribution in [2.24, 2.45) is 0 Å². The van der Waals surface area contributed by atoms with Gasteiger partial charge in [-0.2, -0.15) is 0 Å². The maximum Gasteiger partial charge on any atom is 0.413 e. The van der Waals surface area contributed by atoms with Crippen LogP contribution in [0.2, 0.25) is 0 Å². The van der Waals surface area contributed by atoms with Crippen LogP contribution in [0, 0.1) is 0 Å². The molecule has 7 heteroatoms. The van der Waals surface area contributed by atoms with Crippen LogP contribution in [0.3, 0.4) is 0 Å². The van der Waals surface area contributed by atoms with Gasteiger partial charge in [0.25, 0.3) is 0 Å². The standard InChI is InChI=1S/C14H18N2O5/c1-2-21-14(20)15-12(17)10-16(9-8-13(18)19)11-6-4-3-5-7-11/h3-7H,2,8-10H2,1H3,(H,18,19)(H,15,17,20). The number of anilines is 1. The Hall–Kier alpha value is -2.57. The van der Waals surface area contributed by atoms with E-state index in [2.05, 4.69) is 10.1 Å². The molecule has 1 aromatic rings. The van der Waals surface area contributed by atoms with Gasteiger partial charge in [0, 0.05) is 12.2 Å². The number of nitrogens with zero attached hydrogens (tertiary/aromatic N) is 1. The molecule has 0 radical (unpaired) electrons. The summed E-state index contributed by atoms with van der Waals surface area (Å²) in [6, 6.07) is 8.91. The first-order valence-corrected chi connectivity index (χ1v) is 6.51. The Morgan fingerprint density at radius 3 is 2.48 bits per heavy atom. The van der Waals surface area contributed by atoms with E-state index in [1.54, 1.807) is 36.1 Å². The fraction of sp³-hybridized carbons (Fsp3) is 0.357. The number of ether oxygens (including phenoxy) is 1. The first-order chi connectivity index (χ1) is 10.0. The molecule has 0 unspecified atom stereocenters. The Morgan fingerprint density at radius 1 is 1.24 bits per heavy atom. The minimum Gasteiger partial charge on any atom is -0.481 e. The number of hydrogen-bond acceptors (Lipinski definition) is 5. The molecule has 0 saturated heterocycles. The maximum absolute atomic E-state index is 11.8. The third kappa shape index (κ3) is 6.42. The molecule has 2 N–H and O–H groups in total. The first kappa shape index (κ1) is 16.5. The smallest absolute Gasteiger partial charge is 0.413 e. The van der Waals surface area contributed by atoms with Crippen molar-refractivity contribution in [1.82, 2.24) is 5.32 Å². The van der Waals surface area contributed by atoms with E-state index in [-0.39, 0.29) is 26.1 Å². The lowest BCUT2D eigenvalue weighted by Gasteiger charge is -2.23. The maximum atomic E-state index is 11.8. The van der Waals surface area contributed by atoms with E-state index in [1.165, 1.54) is 0 Å². The topological polar surface area (TPSA) is 95.9 Å². The van der Waals surface area contributed by atoms with Crippen molar-refractivity contribution >= 4 is 23.7 Å². The van der Waals surface area contributed by atoms with Crippen LogP contribution in [0.25, 0.3) is 0 Å². The quantitative estimate of drug-likeness (QED) is 0.785. The summed E-state index contributed by atoms with van der Waals surface area (Å²) >= 11 is 0. The summed E-state index contributed by atoms with van der Waals surface area (Å²) < 4.78 is 4.61. The summed E-state index contributed by atoms with van der Waals surface area (Å²) in [6.07, 6.45) is -0.921. The van der Waals surface area contributed by atoms with Gasteiger partial charge in [-0.3, -0.25) is 14.9 Å². The molecule has 1 aromatic carbocycles. The van der Waals surface area contributed by atoms with Gasteiger partial charge in [0.2, 0.25) is 5.91 Å². The second kappa shape index (κ2) is 8.57. The number of carbonyl (C=O) groups is 3. The Labute approximate surface area is 122 Å². The van der Waals surface area contributed by atoms with Gasteiger partial charge in [-0.1, -0.05) is 18.2 Å².